The lowest BCUT2D eigenvalue weighted by atomic mass is 9.90. The van der Waals surface area contributed by atoms with Crippen LogP contribution in [0.4, 0.5) is 0 Å². The molecule has 1 unspecified atom stereocenters. The molecule has 1 saturated heterocycles. The summed E-state index contributed by atoms with van der Waals surface area (Å²) in [5.41, 5.74) is 2.01. The summed E-state index contributed by atoms with van der Waals surface area (Å²) < 4.78 is 0. The number of aliphatic hydroxyl groups is 1. The maximum atomic E-state index is 9.67. The molecule has 0 saturated carbocycles. The number of piperidine rings is 1. The Morgan fingerprint density at radius 1 is 1.36 bits per heavy atom. The van der Waals surface area contributed by atoms with Gasteiger partial charge in [-0.05, 0) is 50.6 Å². The molecule has 0 radical (unpaired) electrons. The molecular weight excluding hydrogens is 361 g/mol. The molecule has 0 spiro atoms. The van der Waals surface area contributed by atoms with Crippen molar-refractivity contribution in [2.75, 3.05) is 40.3 Å². The van der Waals surface area contributed by atoms with E-state index in [1.165, 1.54) is 0 Å². The van der Waals surface area contributed by atoms with E-state index < -0.39 is 0 Å². The van der Waals surface area contributed by atoms with Crippen molar-refractivity contribution in [1.29, 1.82) is 0 Å². The predicted octanol–water partition coefficient (Wildman–Crippen LogP) is 3.15. The molecule has 7 heteroatoms. The lowest BCUT2D eigenvalue weighted by molar-refractivity contribution is 0.0818. The molecule has 2 rings (SSSR count). The Labute approximate surface area is 159 Å². The highest BCUT2D eigenvalue weighted by atomic mass is 35.5. The molecule has 25 heavy (non-hydrogen) atoms. The fraction of sp³-hybridized carbons (Fsp3) is 0.611. The molecule has 1 atom stereocenters. The summed E-state index contributed by atoms with van der Waals surface area (Å²) in [6.07, 6.45) is 2.43. The van der Waals surface area contributed by atoms with Crippen LogP contribution in [-0.2, 0) is 4.84 Å². The van der Waals surface area contributed by atoms with Crippen LogP contribution >= 0.6 is 23.2 Å². The van der Waals surface area contributed by atoms with Crippen molar-refractivity contribution in [3.8, 4) is 0 Å². The van der Waals surface area contributed by atoms with Crippen molar-refractivity contribution in [3.63, 3.8) is 0 Å². The van der Waals surface area contributed by atoms with Gasteiger partial charge in [0.1, 0.15) is 7.11 Å². The monoisotopic (exact) mass is 387 g/mol. The first-order valence-electron chi connectivity index (χ1n) is 8.65. The zero-order valence-electron chi connectivity index (χ0n) is 14.8. The molecule has 140 valence electrons. The van der Waals surface area contributed by atoms with Crippen LogP contribution in [-0.4, -0.2) is 62.2 Å². The molecule has 0 bridgehead atoms. The van der Waals surface area contributed by atoms with E-state index >= 15 is 0 Å². The SMILES string of the molecule is CNC/C(=N\OC)C(CCN1CCC(O)CC1)c1ccc(Cl)c(Cl)c1. The molecule has 5 nitrogen and oxygen atoms in total. The normalized spacial score (nSPS) is 18.4. The van der Waals surface area contributed by atoms with Gasteiger partial charge in [-0.25, -0.2) is 0 Å². The molecular formula is C18H27Cl2N3O2. The smallest absolute Gasteiger partial charge is 0.106 e. The molecule has 1 heterocycles. The number of rotatable bonds is 8. The van der Waals surface area contributed by atoms with Crippen LogP contribution < -0.4 is 5.32 Å². The second kappa shape index (κ2) is 10.3. The van der Waals surface area contributed by atoms with Crippen molar-refractivity contribution >= 4 is 28.9 Å². The first-order valence-corrected chi connectivity index (χ1v) is 9.40. The van der Waals surface area contributed by atoms with E-state index in [4.69, 9.17) is 28.0 Å². The average Bonchev–Trinajstić information content (AvgIpc) is 2.60. The first-order chi connectivity index (χ1) is 12.0. The molecule has 2 N–H and O–H groups in total. The van der Waals surface area contributed by atoms with Crippen LogP contribution in [0.5, 0.6) is 0 Å². The van der Waals surface area contributed by atoms with Gasteiger partial charge in [0.05, 0.1) is 21.9 Å². The minimum absolute atomic E-state index is 0.0917. The van der Waals surface area contributed by atoms with E-state index in [1.54, 1.807) is 7.11 Å². The second-order valence-corrected chi connectivity index (χ2v) is 7.20. The number of hydrogen-bond acceptors (Lipinski definition) is 5. The third-order valence-corrected chi connectivity index (χ3v) is 5.34. The van der Waals surface area contributed by atoms with E-state index in [2.05, 4.69) is 15.4 Å². The fourth-order valence-electron chi connectivity index (χ4n) is 3.23. The summed E-state index contributed by atoms with van der Waals surface area (Å²) in [6.45, 7) is 3.43. The van der Waals surface area contributed by atoms with Gasteiger partial charge in [0.2, 0.25) is 0 Å². The van der Waals surface area contributed by atoms with Crippen molar-refractivity contribution < 1.29 is 9.94 Å². The minimum Gasteiger partial charge on any atom is -0.399 e. The van der Waals surface area contributed by atoms with Crippen LogP contribution in [0.3, 0.4) is 0 Å². The van der Waals surface area contributed by atoms with E-state index in [1.807, 2.05) is 25.2 Å². The summed E-state index contributed by atoms with van der Waals surface area (Å²) >= 11 is 12.3. The van der Waals surface area contributed by atoms with Crippen molar-refractivity contribution in [2.45, 2.75) is 31.3 Å². The molecule has 1 aliphatic heterocycles. The van der Waals surface area contributed by atoms with Gasteiger partial charge >= 0.3 is 0 Å². The number of nitrogens with one attached hydrogen (secondary N) is 1. The highest BCUT2D eigenvalue weighted by Crippen LogP contribution is 2.29. The maximum Gasteiger partial charge on any atom is 0.106 e. The number of hydrogen-bond donors (Lipinski definition) is 2. The number of benzene rings is 1. The van der Waals surface area contributed by atoms with Gasteiger partial charge in [0.25, 0.3) is 0 Å². The first kappa shape index (κ1) is 20.5. The lowest BCUT2D eigenvalue weighted by Crippen LogP contribution is -2.37. The van der Waals surface area contributed by atoms with Crippen LogP contribution in [0.15, 0.2) is 23.4 Å². The standard InChI is InChI=1S/C18H27Cl2N3O2/c1-21-12-18(22-25-2)15(13-3-4-16(19)17(20)11-13)7-10-23-8-5-14(24)6-9-23/h3-4,11,14-15,21,24H,5-10,12H2,1-2H3/b22-18+. The number of likely N-dealkylation sites (tertiary alicyclic amines) is 1. The fourth-order valence-corrected chi connectivity index (χ4v) is 3.53. The van der Waals surface area contributed by atoms with Gasteiger partial charge < -0.3 is 20.2 Å². The Bertz CT molecular complexity index is 575. The van der Waals surface area contributed by atoms with Crippen LogP contribution in [0, 0.1) is 0 Å². The Balaban J connectivity index is 2.16. The Morgan fingerprint density at radius 2 is 2.08 bits per heavy atom. The summed E-state index contributed by atoms with van der Waals surface area (Å²) in [5.74, 6) is 0.0917. The Hall–Kier alpha value is -0.850. The van der Waals surface area contributed by atoms with Gasteiger partial charge in [0.15, 0.2) is 0 Å². The van der Waals surface area contributed by atoms with Gasteiger partial charge in [-0.15, -0.1) is 0 Å². The van der Waals surface area contributed by atoms with Crippen LogP contribution in [0.2, 0.25) is 10.0 Å². The highest BCUT2D eigenvalue weighted by molar-refractivity contribution is 6.42. The minimum atomic E-state index is -0.156. The Morgan fingerprint density at radius 3 is 2.68 bits per heavy atom. The van der Waals surface area contributed by atoms with Crippen LogP contribution in [0.1, 0.15) is 30.7 Å². The van der Waals surface area contributed by atoms with Crippen molar-refractivity contribution in [1.82, 2.24) is 10.2 Å². The largest absolute Gasteiger partial charge is 0.399 e. The quantitative estimate of drug-likeness (QED) is 0.531. The third kappa shape index (κ3) is 6.12. The molecule has 1 fully saturated rings. The van der Waals surface area contributed by atoms with Gasteiger partial charge in [-0.1, -0.05) is 34.4 Å². The maximum absolute atomic E-state index is 9.67. The van der Waals surface area contributed by atoms with Crippen molar-refractivity contribution in [2.24, 2.45) is 5.16 Å². The van der Waals surface area contributed by atoms with E-state index in [9.17, 15) is 5.11 Å². The zero-order chi connectivity index (χ0) is 18.2. The molecule has 0 aliphatic carbocycles. The van der Waals surface area contributed by atoms with Gasteiger partial charge in [0, 0.05) is 25.6 Å². The summed E-state index contributed by atoms with van der Waals surface area (Å²) in [4.78, 5) is 7.45. The molecule has 0 amide bonds. The molecule has 1 aromatic rings. The average molecular weight is 388 g/mol. The number of aliphatic hydroxyl groups excluding tert-OH is 1. The molecule has 1 aliphatic rings. The van der Waals surface area contributed by atoms with E-state index in [0.717, 1.165) is 50.2 Å². The van der Waals surface area contributed by atoms with Gasteiger partial charge in [-0.2, -0.15) is 0 Å². The highest BCUT2D eigenvalue weighted by Gasteiger charge is 2.23. The van der Waals surface area contributed by atoms with Crippen molar-refractivity contribution in [3.05, 3.63) is 33.8 Å². The molecule has 1 aromatic carbocycles. The summed E-state index contributed by atoms with van der Waals surface area (Å²) in [5, 5.41) is 18.2. The zero-order valence-corrected chi connectivity index (χ0v) is 16.4. The number of halogens is 2. The second-order valence-electron chi connectivity index (χ2n) is 6.38. The number of nitrogens with zero attached hydrogens (tertiary/aromatic N) is 2. The van der Waals surface area contributed by atoms with Gasteiger partial charge in [-0.3, -0.25) is 0 Å². The lowest BCUT2D eigenvalue weighted by Gasteiger charge is -2.31. The summed E-state index contributed by atoms with van der Waals surface area (Å²) in [7, 11) is 3.46. The van der Waals surface area contributed by atoms with Crippen LogP contribution in [0.25, 0.3) is 0 Å². The number of oxime groups is 1. The third-order valence-electron chi connectivity index (χ3n) is 4.61. The summed E-state index contributed by atoms with van der Waals surface area (Å²) in [6, 6.07) is 5.74. The topological polar surface area (TPSA) is 57.1 Å². The van der Waals surface area contributed by atoms with E-state index in [0.29, 0.717) is 16.6 Å². The molecule has 0 aromatic heterocycles. The van der Waals surface area contributed by atoms with E-state index in [-0.39, 0.29) is 12.0 Å². The predicted molar refractivity (Wildman–Crippen MR) is 104 cm³/mol. The Kier molecular flexibility index (Phi) is 8.46.